The highest BCUT2D eigenvalue weighted by molar-refractivity contribution is 7.09. The smallest absolute Gasteiger partial charge is 0.273 e. The molecule has 3 aliphatic heterocycles. The molecule has 1 N–H and O–H groups in total. The van der Waals surface area contributed by atoms with Gasteiger partial charge in [-0.3, -0.25) is 9.59 Å². The monoisotopic (exact) mass is 376 g/mol. The molecule has 26 heavy (non-hydrogen) atoms. The lowest BCUT2D eigenvalue weighted by Crippen LogP contribution is -2.56. The minimum absolute atomic E-state index is 0.0259. The number of carbonyl (C=O) groups excluding carboxylic acids is 2. The number of aryl methyl sites for hydroxylation is 1. The molecule has 0 unspecified atom stereocenters. The molecule has 142 valence electrons. The Morgan fingerprint density at radius 3 is 2.73 bits per heavy atom. The maximum atomic E-state index is 12.7. The molecule has 4 heterocycles. The van der Waals surface area contributed by atoms with Crippen molar-refractivity contribution in [2.24, 2.45) is 17.8 Å². The Labute approximate surface area is 159 Å². The van der Waals surface area contributed by atoms with Crippen LogP contribution in [0.5, 0.6) is 0 Å². The largest absolute Gasteiger partial charge is 0.350 e. The van der Waals surface area contributed by atoms with E-state index < -0.39 is 0 Å². The molecule has 4 rings (SSSR count). The Morgan fingerprint density at radius 1 is 1.38 bits per heavy atom. The summed E-state index contributed by atoms with van der Waals surface area (Å²) in [5, 5.41) is 6.10. The number of amides is 2. The molecule has 0 aromatic carbocycles. The number of piperidine rings is 1. The Balaban J connectivity index is 1.43. The van der Waals surface area contributed by atoms with Gasteiger partial charge in [-0.25, -0.2) is 4.98 Å². The number of rotatable bonds is 3. The zero-order valence-electron chi connectivity index (χ0n) is 15.8. The fourth-order valence-corrected chi connectivity index (χ4v) is 5.62. The second kappa shape index (κ2) is 6.60. The van der Waals surface area contributed by atoms with Gasteiger partial charge in [-0.15, -0.1) is 11.3 Å². The molecule has 0 radical (unpaired) electrons. The zero-order valence-corrected chi connectivity index (χ0v) is 16.6. The molecule has 3 saturated heterocycles. The SMILES string of the molecule is Cc1nc(C(=O)N2CCC3(CC2)NC(=O)[C@@H]2CN(CC(C)C)C[C@@H]23)cs1. The second-order valence-corrected chi connectivity index (χ2v) is 9.58. The second-order valence-electron chi connectivity index (χ2n) is 8.51. The normalized spacial score (nSPS) is 28.0. The van der Waals surface area contributed by atoms with Crippen LogP contribution in [-0.2, 0) is 4.79 Å². The first-order valence-corrected chi connectivity index (χ1v) is 10.5. The molecule has 1 aromatic heterocycles. The van der Waals surface area contributed by atoms with Crippen LogP contribution in [0.1, 0.15) is 42.2 Å². The number of hydrogen-bond acceptors (Lipinski definition) is 5. The van der Waals surface area contributed by atoms with Gasteiger partial charge in [0.1, 0.15) is 5.69 Å². The van der Waals surface area contributed by atoms with Crippen molar-refractivity contribution in [3.05, 3.63) is 16.1 Å². The van der Waals surface area contributed by atoms with E-state index in [2.05, 4.69) is 29.0 Å². The Hall–Kier alpha value is -1.47. The summed E-state index contributed by atoms with van der Waals surface area (Å²) in [5.41, 5.74) is 0.433. The molecule has 3 aliphatic rings. The first-order chi connectivity index (χ1) is 12.4. The van der Waals surface area contributed by atoms with E-state index in [4.69, 9.17) is 0 Å². The first-order valence-electron chi connectivity index (χ1n) is 9.64. The van der Waals surface area contributed by atoms with E-state index in [0.29, 0.717) is 30.6 Å². The van der Waals surface area contributed by atoms with E-state index in [1.807, 2.05) is 17.2 Å². The van der Waals surface area contributed by atoms with Crippen molar-refractivity contribution in [1.29, 1.82) is 0 Å². The van der Waals surface area contributed by atoms with Gasteiger partial charge < -0.3 is 15.1 Å². The zero-order chi connectivity index (χ0) is 18.5. The van der Waals surface area contributed by atoms with Crippen molar-refractivity contribution in [3.63, 3.8) is 0 Å². The van der Waals surface area contributed by atoms with Crippen molar-refractivity contribution < 1.29 is 9.59 Å². The number of aromatic nitrogens is 1. The van der Waals surface area contributed by atoms with Gasteiger partial charge in [0.15, 0.2) is 0 Å². The number of thiazole rings is 1. The van der Waals surface area contributed by atoms with Crippen LogP contribution < -0.4 is 5.32 Å². The summed E-state index contributed by atoms with van der Waals surface area (Å²) in [4.78, 5) is 33.9. The van der Waals surface area contributed by atoms with Gasteiger partial charge in [0.05, 0.1) is 10.9 Å². The Kier molecular flexibility index (Phi) is 4.55. The third-order valence-electron chi connectivity index (χ3n) is 6.22. The lowest BCUT2D eigenvalue weighted by molar-refractivity contribution is -0.123. The standard InChI is InChI=1S/C19H28N4O2S/c1-12(2)8-22-9-14-15(10-22)19(21-17(14)24)4-6-23(7-5-19)18(25)16-11-26-13(3)20-16/h11-12,14-15H,4-10H2,1-3H3,(H,21,24)/t14-,15+/m1/s1. The number of nitrogens with zero attached hydrogens (tertiary/aromatic N) is 3. The van der Waals surface area contributed by atoms with E-state index in [1.54, 1.807) is 0 Å². The topological polar surface area (TPSA) is 65.5 Å². The number of likely N-dealkylation sites (tertiary alicyclic amines) is 2. The molecule has 0 bridgehead atoms. The van der Waals surface area contributed by atoms with Crippen molar-refractivity contribution in [2.45, 2.75) is 39.2 Å². The van der Waals surface area contributed by atoms with Crippen molar-refractivity contribution in [2.75, 3.05) is 32.7 Å². The van der Waals surface area contributed by atoms with Gasteiger partial charge in [0.25, 0.3) is 5.91 Å². The molecule has 1 spiro atoms. The number of hydrogen-bond donors (Lipinski definition) is 1. The summed E-state index contributed by atoms with van der Waals surface area (Å²) in [5.74, 6) is 1.37. The highest BCUT2D eigenvalue weighted by atomic mass is 32.1. The summed E-state index contributed by atoms with van der Waals surface area (Å²) in [6.45, 7) is 10.7. The quantitative estimate of drug-likeness (QED) is 0.873. The van der Waals surface area contributed by atoms with Gasteiger partial charge in [0.2, 0.25) is 5.91 Å². The van der Waals surface area contributed by atoms with Crippen LogP contribution in [0.15, 0.2) is 5.38 Å². The van der Waals surface area contributed by atoms with E-state index in [1.165, 1.54) is 11.3 Å². The molecular weight excluding hydrogens is 348 g/mol. The third-order valence-corrected chi connectivity index (χ3v) is 6.99. The van der Waals surface area contributed by atoms with E-state index >= 15 is 0 Å². The molecule has 3 fully saturated rings. The van der Waals surface area contributed by atoms with Gasteiger partial charge in [-0.05, 0) is 25.7 Å². The third kappa shape index (κ3) is 3.05. The number of carbonyl (C=O) groups is 2. The highest BCUT2D eigenvalue weighted by Crippen LogP contribution is 2.44. The predicted molar refractivity (Wildman–Crippen MR) is 101 cm³/mol. The molecule has 0 saturated carbocycles. The molecule has 7 heteroatoms. The van der Waals surface area contributed by atoms with E-state index in [0.717, 1.165) is 37.5 Å². The van der Waals surface area contributed by atoms with Gasteiger partial charge >= 0.3 is 0 Å². The highest BCUT2D eigenvalue weighted by Gasteiger charge is 2.57. The van der Waals surface area contributed by atoms with E-state index in [-0.39, 0.29) is 23.3 Å². The maximum Gasteiger partial charge on any atom is 0.273 e. The lowest BCUT2D eigenvalue weighted by atomic mass is 9.75. The summed E-state index contributed by atoms with van der Waals surface area (Å²) in [6, 6.07) is 0. The molecule has 0 aliphatic carbocycles. The van der Waals surface area contributed by atoms with Crippen molar-refractivity contribution in [3.8, 4) is 0 Å². The average molecular weight is 377 g/mol. The summed E-state index contributed by atoms with van der Waals surface area (Å²) >= 11 is 1.51. The van der Waals surface area contributed by atoms with Crippen LogP contribution in [-0.4, -0.2) is 64.9 Å². The molecule has 6 nitrogen and oxygen atoms in total. The van der Waals surface area contributed by atoms with Crippen LogP contribution in [0.25, 0.3) is 0 Å². The fraction of sp³-hybridized carbons (Fsp3) is 0.737. The average Bonchev–Trinajstić information content (AvgIpc) is 3.26. The molecule has 2 amide bonds. The molecule has 2 atom stereocenters. The number of fused-ring (bicyclic) bond motifs is 2. The van der Waals surface area contributed by atoms with Crippen LogP contribution in [0.2, 0.25) is 0 Å². The predicted octanol–water partition coefficient (Wildman–Crippen LogP) is 1.76. The summed E-state index contributed by atoms with van der Waals surface area (Å²) in [6.07, 6.45) is 1.70. The van der Waals surface area contributed by atoms with Crippen LogP contribution in [0, 0.1) is 24.7 Å². The van der Waals surface area contributed by atoms with E-state index in [9.17, 15) is 9.59 Å². The summed E-state index contributed by atoms with van der Waals surface area (Å²) < 4.78 is 0. The first kappa shape index (κ1) is 17.9. The lowest BCUT2D eigenvalue weighted by Gasteiger charge is -2.42. The fourth-order valence-electron chi connectivity index (χ4n) is 5.04. The van der Waals surface area contributed by atoms with Crippen LogP contribution in [0.3, 0.4) is 0 Å². The van der Waals surface area contributed by atoms with Gasteiger partial charge in [0, 0.05) is 49.6 Å². The Morgan fingerprint density at radius 2 is 2.12 bits per heavy atom. The summed E-state index contributed by atoms with van der Waals surface area (Å²) in [7, 11) is 0. The van der Waals surface area contributed by atoms with Crippen molar-refractivity contribution in [1.82, 2.24) is 20.1 Å². The molecular formula is C19H28N4O2S. The van der Waals surface area contributed by atoms with Crippen LogP contribution in [0.4, 0.5) is 0 Å². The Bertz CT molecular complexity index is 708. The number of nitrogens with one attached hydrogen (secondary N) is 1. The molecule has 1 aromatic rings. The van der Waals surface area contributed by atoms with Gasteiger partial charge in [-0.2, -0.15) is 0 Å². The van der Waals surface area contributed by atoms with Crippen LogP contribution >= 0.6 is 11.3 Å². The van der Waals surface area contributed by atoms with Gasteiger partial charge in [-0.1, -0.05) is 13.8 Å². The minimum Gasteiger partial charge on any atom is -0.350 e. The van der Waals surface area contributed by atoms with Crippen molar-refractivity contribution >= 4 is 23.2 Å². The minimum atomic E-state index is -0.123. The maximum absolute atomic E-state index is 12.7.